The predicted octanol–water partition coefficient (Wildman–Crippen LogP) is 2.24. The van der Waals surface area contributed by atoms with Crippen LogP contribution in [0, 0.1) is 11.3 Å². The first kappa shape index (κ1) is 28.2. The molecule has 0 aliphatic rings. The number of carboxylic acids is 1. The zero-order chi connectivity index (χ0) is 23.7. The molecular formula is C20H36N2O7Se. The molecule has 9 nitrogen and oxygen atoms in total. The molecule has 2 amide bonds. The number of methoxy groups -OCH3 is 1. The Bertz CT molecular complexity index is 611. The van der Waals surface area contributed by atoms with Crippen LogP contribution in [0.2, 0.25) is 11.1 Å². The molecule has 3 N–H and O–H groups in total. The van der Waals surface area contributed by atoms with Crippen LogP contribution < -0.4 is 10.6 Å². The van der Waals surface area contributed by atoms with Crippen molar-refractivity contribution in [1.82, 2.24) is 10.6 Å². The second-order valence-electron chi connectivity index (χ2n) is 9.06. The molecular weight excluding hydrogens is 459 g/mol. The van der Waals surface area contributed by atoms with Crippen LogP contribution in [0.1, 0.15) is 54.4 Å². The van der Waals surface area contributed by atoms with Gasteiger partial charge in [0.15, 0.2) is 0 Å². The third kappa shape index (κ3) is 10.8. The van der Waals surface area contributed by atoms with Crippen LogP contribution in [-0.4, -0.2) is 68.8 Å². The van der Waals surface area contributed by atoms with E-state index < -0.39 is 53.0 Å². The Morgan fingerprint density at radius 1 is 1.00 bits per heavy atom. The first-order valence-corrected chi connectivity index (χ1v) is 12.6. The second kappa shape index (κ2) is 12.2. The van der Waals surface area contributed by atoms with Crippen molar-refractivity contribution in [2.75, 3.05) is 7.11 Å². The quantitative estimate of drug-likeness (QED) is 0.313. The van der Waals surface area contributed by atoms with Gasteiger partial charge in [-0.15, -0.1) is 0 Å². The molecule has 0 aliphatic heterocycles. The summed E-state index contributed by atoms with van der Waals surface area (Å²) in [6.45, 7) is 10.3. The van der Waals surface area contributed by atoms with E-state index in [1.807, 2.05) is 5.82 Å². The Balaban J connectivity index is 5.66. The van der Waals surface area contributed by atoms with Crippen LogP contribution in [0.25, 0.3) is 0 Å². The number of nitrogens with one attached hydrogen (secondary N) is 2. The van der Waals surface area contributed by atoms with E-state index in [9.17, 15) is 24.3 Å². The van der Waals surface area contributed by atoms with Gasteiger partial charge in [0.05, 0.1) is 0 Å². The first-order valence-electron chi connectivity index (χ1n) is 9.71. The van der Waals surface area contributed by atoms with Crippen molar-refractivity contribution in [2.45, 2.75) is 83.2 Å². The molecule has 0 aromatic carbocycles. The van der Waals surface area contributed by atoms with Gasteiger partial charge in [-0.25, -0.2) is 0 Å². The second-order valence-corrected chi connectivity index (χ2v) is 11.1. The summed E-state index contributed by atoms with van der Waals surface area (Å²) in [5.74, 6) is -1.23. The van der Waals surface area contributed by atoms with E-state index in [1.165, 1.54) is 7.11 Å². The van der Waals surface area contributed by atoms with E-state index in [0.29, 0.717) is 21.4 Å². The topological polar surface area (TPSA) is 131 Å². The summed E-state index contributed by atoms with van der Waals surface area (Å²) < 4.78 is 9.98. The predicted molar refractivity (Wildman–Crippen MR) is 113 cm³/mol. The number of carboxylic acid groups (broad SMARTS) is 1. The average molecular weight is 495 g/mol. The summed E-state index contributed by atoms with van der Waals surface area (Å²) in [7, 11) is 1.23. The third-order valence-corrected chi connectivity index (χ3v) is 5.59. The van der Waals surface area contributed by atoms with Gasteiger partial charge in [-0.3, -0.25) is 0 Å². The Labute approximate surface area is 185 Å². The van der Waals surface area contributed by atoms with Crippen molar-refractivity contribution < 1.29 is 33.8 Å². The van der Waals surface area contributed by atoms with Gasteiger partial charge in [-0.05, 0) is 0 Å². The zero-order valence-corrected chi connectivity index (χ0v) is 20.9. The van der Waals surface area contributed by atoms with Crippen LogP contribution in [0.4, 0.5) is 4.79 Å². The number of esters is 1. The van der Waals surface area contributed by atoms with Crippen molar-refractivity contribution in [3.05, 3.63) is 0 Å². The number of aliphatic carboxylic acids is 1. The van der Waals surface area contributed by atoms with Gasteiger partial charge in [0, 0.05) is 0 Å². The van der Waals surface area contributed by atoms with E-state index in [1.54, 1.807) is 41.5 Å². The molecule has 0 aromatic heterocycles. The molecule has 0 saturated carbocycles. The number of hydrogen-bond acceptors (Lipinski definition) is 6. The van der Waals surface area contributed by atoms with Crippen LogP contribution in [0.3, 0.4) is 0 Å². The van der Waals surface area contributed by atoms with Gasteiger partial charge in [-0.2, -0.15) is 0 Å². The number of rotatable bonds is 10. The van der Waals surface area contributed by atoms with E-state index >= 15 is 0 Å². The number of alkyl carbamates (subject to hydrolysis) is 1. The molecule has 0 aliphatic carbocycles. The molecule has 0 heterocycles. The normalized spacial score (nSPS) is 14.8. The number of hydrogen-bond donors (Lipinski definition) is 3. The maximum atomic E-state index is 12.9. The average Bonchev–Trinajstić information content (AvgIpc) is 2.57. The van der Waals surface area contributed by atoms with Crippen molar-refractivity contribution in [2.24, 2.45) is 11.3 Å². The SMILES string of the molecule is COC(=O)[C@H](CC[Se]C)NC(=O)[C@H](CC(C(=O)O)C(C)(C)C)NC(=O)OC(C)(C)C. The molecule has 0 spiro atoms. The Hall–Kier alpha value is -1.80. The van der Waals surface area contributed by atoms with Gasteiger partial charge in [-0.1, -0.05) is 0 Å². The fraction of sp³-hybridized carbons (Fsp3) is 0.800. The fourth-order valence-electron chi connectivity index (χ4n) is 2.64. The van der Waals surface area contributed by atoms with Crippen LogP contribution in [0.5, 0.6) is 0 Å². The molecule has 30 heavy (non-hydrogen) atoms. The van der Waals surface area contributed by atoms with Crippen LogP contribution in [0.15, 0.2) is 0 Å². The van der Waals surface area contributed by atoms with E-state index in [4.69, 9.17) is 9.47 Å². The molecule has 0 bridgehead atoms. The van der Waals surface area contributed by atoms with Gasteiger partial charge in [0.1, 0.15) is 0 Å². The fourth-order valence-corrected chi connectivity index (χ4v) is 3.63. The Morgan fingerprint density at radius 2 is 1.57 bits per heavy atom. The molecule has 0 fully saturated rings. The number of amides is 2. The monoisotopic (exact) mass is 496 g/mol. The Morgan fingerprint density at radius 3 is 1.97 bits per heavy atom. The molecule has 0 rings (SSSR count). The molecule has 0 radical (unpaired) electrons. The molecule has 1 unspecified atom stereocenters. The summed E-state index contributed by atoms with van der Waals surface area (Å²) in [6, 6.07) is -2.07. The van der Waals surface area contributed by atoms with Gasteiger partial charge in [0.2, 0.25) is 0 Å². The molecule has 3 atom stereocenters. The van der Waals surface area contributed by atoms with Gasteiger partial charge < -0.3 is 0 Å². The zero-order valence-electron chi connectivity index (χ0n) is 19.2. The van der Waals surface area contributed by atoms with Gasteiger partial charge in [0.25, 0.3) is 0 Å². The van der Waals surface area contributed by atoms with E-state index in [2.05, 4.69) is 10.6 Å². The molecule has 0 aromatic rings. The summed E-state index contributed by atoms with van der Waals surface area (Å²) in [5, 5.41) is 15.4. The standard InChI is InChI=1S/C20H36N2O7Se/c1-19(2,3)12(16(24)25)11-14(22-18(27)29-20(4,5)6)15(23)21-13(9-10-30-8)17(26)28-7/h12-14H,9-11H2,1-8H3,(H,21,23)(H,22,27)(H,24,25)/t12?,13-,14-/m0/s1. The van der Waals surface area contributed by atoms with Crippen molar-refractivity contribution >= 4 is 38.9 Å². The third-order valence-electron chi connectivity index (χ3n) is 4.24. The number of carbonyl (C=O) groups is 4. The van der Waals surface area contributed by atoms with Crippen LogP contribution >= 0.6 is 0 Å². The number of ether oxygens (including phenoxy) is 2. The van der Waals surface area contributed by atoms with E-state index in [0.717, 1.165) is 5.32 Å². The Kier molecular flexibility index (Phi) is 11.4. The minimum atomic E-state index is -1.19. The minimum absolute atomic E-state index is 0.157. The molecule has 174 valence electrons. The molecule has 10 heteroatoms. The van der Waals surface area contributed by atoms with Crippen LogP contribution in [-0.2, 0) is 23.9 Å². The van der Waals surface area contributed by atoms with Crippen molar-refractivity contribution in [1.29, 1.82) is 0 Å². The van der Waals surface area contributed by atoms with Gasteiger partial charge >= 0.3 is 185 Å². The summed E-state index contributed by atoms with van der Waals surface area (Å²) in [5.41, 5.74) is -1.45. The maximum absolute atomic E-state index is 12.9. The van der Waals surface area contributed by atoms with Crippen molar-refractivity contribution in [3.63, 3.8) is 0 Å². The molecule has 0 saturated heterocycles. The number of carbonyl (C=O) groups excluding carboxylic acids is 3. The summed E-state index contributed by atoms with van der Waals surface area (Å²) in [4.78, 5) is 49.0. The first-order chi connectivity index (χ1) is 13.6. The summed E-state index contributed by atoms with van der Waals surface area (Å²) in [6.07, 6.45) is -0.599. The summed E-state index contributed by atoms with van der Waals surface area (Å²) >= 11 is 0.297. The van der Waals surface area contributed by atoms with E-state index in [-0.39, 0.29) is 6.42 Å². The van der Waals surface area contributed by atoms with Crippen molar-refractivity contribution in [3.8, 4) is 0 Å².